The molecule has 3 amide bonds. The third-order valence-corrected chi connectivity index (χ3v) is 10.8. The molecule has 0 radical (unpaired) electrons. The molecule has 2 aliphatic heterocycles. The average Bonchev–Trinajstić information content (AvgIpc) is 4.00. The molecule has 1 saturated heterocycles. The fourth-order valence-corrected chi connectivity index (χ4v) is 7.23. The van der Waals surface area contributed by atoms with Gasteiger partial charge in [0.1, 0.15) is 22.9 Å². The minimum atomic E-state index is -2.38. The molecule has 4 heterocycles. The second-order valence-electron chi connectivity index (χ2n) is 15.0. The van der Waals surface area contributed by atoms with Crippen LogP contribution in [0, 0.1) is 5.92 Å². The van der Waals surface area contributed by atoms with Crippen LogP contribution in [-0.2, 0) is 15.5 Å². The lowest BCUT2D eigenvalue weighted by atomic mass is 9.91. The number of likely N-dealkylation sites (tertiary alicyclic amines) is 1. The van der Waals surface area contributed by atoms with E-state index in [0.717, 1.165) is 67.5 Å². The fourth-order valence-electron chi connectivity index (χ4n) is 7.23. The zero-order chi connectivity index (χ0) is 37.9. The first-order chi connectivity index (χ1) is 25.9. The number of benzene rings is 1. The zero-order valence-electron chi connectivity index (χ0n) is 30.4. The van der Waals surface area contributed by atoms with Crippen molar-refractivity contribution in [2.24, 2.45) is 17.4 Å². The number of nitrogens with two attached hydrogens (primary N) is 2. The second kappa shape index (κ2) is 13.8. The van der Waals surface area contributed by atoms with Gasteiger partial charge in [-0.2, -0.15) is 5.10 Å². The first kappa shape index (κ1) is 35.6. The number of hydrogen-bond donors (Lipinski definition) is 8. The summed E-state index contributed by atoms with van der Waals surface area (Å²) in [7, 11) is 2.00. The Hall–Kier alpha value is -5.45. The molecule has 10 N–H and O–H groups in total. The van der Waals surface area contributed by atoms with Crippen molar-refractivity contribution in [3.63, 3.8) is 0 Å². The van der Waals surface area contributed by atoms with Gasteiger partial charge in [0.15, 0.2) is 0 Å². The van der Waals surface area contributed by atoms with E-state index in [1.54, 1.807) is 12.1 Å². The number of para-hydroxylation sites is 1. The van der Waals surface area contributed by atoms with Crippen molar-refractivity contribution in [3.8, 4) is 11.1 Å². The molecule has 3 aliphatic carbocycles. The van der Waals surface area contributed by atoms with Gasteiger partial charge in [0, 0.05) is 55.3 Å². The van der Waals surface area contributed by atoms with E-state index >= 15 is 0 Å². The zero-order valence-corrected chi connectivity index (χ0v) is 30.4. The summed E-state index contributed by atoms with van der Waals surface area (Å²) >= 11 is 0. The maximum absolute atomic E-state index is 13.1. The number of aromatic nitrogens is 3. The summed E-state index contributed by atoms with van der Waals surface area (Å²) in [6.07, 6.45) is 9.37. The Kier molecular flexibility index (Phi) is 9.06. The molecule has 1 atom stereocenters. The van der Waals surface area contributed by atoms with Crippen molar-refractivity contribution in [1.29, 1.82) is 0 Å². The molecule has 1 aromatic carbocycles. The van der Waals surface area contributed by atoms with E-state index in [0.29, 0.717) is 5.69 Å². The van der Waals surface area contributed by atoms with Gasteiger partial charge in [-0.15, -0.1) is 0 Å². The topological polar surface area (TPSA) is 229 Å². The molecule has 16 nitrogen and oxygen atoms in total. The van der Waals surface area contributed by atoms with Gasteiger partial charge in [-0.05, 0) is 63.1 Å². The third-order valence-electron chi connectivity index (χ3n) is 10.8. The van der Waals surface area contributed by atoms with E-state index in [1.807, 2.05) is 36.1 Å². The van der Waals surface area contributed by atoms with Crippen molar-refractivity contribution < 1.29 is 24.6 Å². The summed E-state index contributed by atoms with van der Waals surface area (Å²) in [5, 5.41) is 39.2. The number of pyridine rings is 1. The van der Waals surface area contributed by atoms with Crippen molar-refractivity contribution in [2.75, 3.05) is 30.4 Å². The van der Waals surface area contributed by atoms with E-state index < -0.39 is 11.8 Å². The maximum Gasteiger partial charge on any atom is 0.271 e. The van der Waals surface area contributed by atoms with Crippen LogP contribution in [0.4, 0.5) is 11.4 Å². The fraction of sp³-hybridized carbons (Fsp3) is 0.447. The minimum absolute atomic E-state index is 0.0204. The number of carbonyl (C=O) groups is 3. The Balaban J connectivity index is 1.05. The van der Waals surface area contributed by atoms with Crippen LogP contribution in [0.1, 0.15) is 85.8 Å². The van der Waals surface area contributed by atoms with Crippen molar-refractivity contribution in [3.05, 3.63) is 83.0 Å². The number of hydrogen-bond acceptors (Lipinski definition) is 12. The maximum atomic E-state index is 13.1. The lowest BCUT2D eigenvalue weighted by Gasteiger charge is -2.47. The van der Waals surface area contributed by atoms with Crippen molar-refractivity contribution >= 4 is 29.1 Å². The first-order valence-electron chi connectivity index (χ1n) is 18.7. The standard InChI is InChI=1S/C38H47N11O5/c1-3-29-34-25(17-41-49(34)23-18-48(19-23)38(53,54)30-9-5-8-27(45-30)36(51)42-21-12-13-21)24-6-4-7-26(33(24)47(29)2)44-28(32(40)37(52)43-22-14-15-22)16-31(39)46-35(50)20-10-11-20/h4-9,16-17,20-23,29,44,53-54H,3,10-15,18-19,39-40H2,1-2H3,(H,42,51)(H,43,52)(H,46,50)/b31-16+,32-28+. The smallest absolute Gasteiger partial charge is 0.271 e. The Morgan fingerprint density at radius 2 is 1.67 bits per heavy atom. The highest BCUT2D eigenvalue weighted by Gasteiger charge is 2.46. The van der Waals surface area contributed by atoms with Crippen LogP contribution in [-0.4, -0.2) is 79.8 Å². The van der Waals surface area contributed by atoms with Gasteiger partial charge in [0.05, 0.1) is 41.0 Å². The number of fused-ring (bicyclic) bond motifs is 3. The van der Waals surface area contributed by atoms with Gasteiger partial charge in [0.25, 0.3) is 17.7 Å². The monoisotopic (exact) mass is 737 g/mol. The molecule has 2 aromatic heterocycles. The highest BCUT2D eigenvalue weighted by Crippen LogP contribution is 2.50. The highest BCUT2D eigenvalue weighted by molar-refractivity contribution is 5.97. The second-order valence-corrected chi connectivity index (χ2v) is 15.0. The summed E-state index contributed by atoms with van der Waals surface area (Å²) < 4.78 is 1.97. The quantitative estimate of drug-likeness (QED) is 0.0711. The summed E-state index contributed by atoms with van der Waals surface area (Å²) in [5.41, 5.74) is 17.4. The molecule has 3 aromatic rings. The Morgan fingerprint density at radius 3 is 2.35 bits per heavy atom. The Morgan fingerprint density at radius 1 is 0.963 bits per heavy atom. The number of nitrogens with one attached hydrogen (secondary N) is 4. The predicted molar refractivity (Wildman–Crippen MR) is 200 cm³/mol. The lowest BCUT2D eigenvalue weighted by Crippen LogP contribution is -2.59. The van der Waals surface area contributed by atoms with Crippen LogP contribution < -0.4 is 37.6 Å². The Bertz CT molecular complexity index is 2060. The first-order valence-corrected chi connectivity index (χ1v) is 18.7. The molecule has 5 aliphatic rings. The number of anilines is 2. The van der Waals surface area contributed by atoms with Crippen LogP contribution in [0.2, 0.25) is 0 Å². The molecule has 16 heteroatoms. The van der Waals surface area contributed by atoms with Gasteiger partial charge in [-0.1, -0.05) is 25.1 Å². The summed E-state index contributed by atoms with van der Waals surface area (Å²) in [6, 6.07) is 10.5. The molecule has 54 heavy (non-hydrogen) atoms. The molecule has 0 bridgehead atoms. The van der Waals surface area contributed by atoms with Crippen LogP contribution in [0.25, 0.3) is 11.1 Å². The summed E-state index contributed by atoms with van der Waals surface area (Å²) in [5.74, 6) is -3.26. The van der Waals surface area contributed by atoms with E-state index in [9.17, 15) is 24.6 Å². The SMILES string of the molecule is CCC1c2c(cnn2C2CN(C(O)(O)c3cccc(C(=O)NC4CC4)n3)C2)-c2cccc(NC(/C=C(\N)NC(=O)C3CC3)=C(/N)C(=O)NC3CC3)c2N1C. The normalized spacial score (nSPS) is 20.6. The van der Waals surface area contributed by atoms with E-state index in [1.165, 1.54) is 17.0 Å². The minimum Gasteiger partial charge on any atom is -0.393 e. The van der Waals surface area contributed by atoms with E-state index in [2.05, 4.69) is 38.1 Å². The average molecular weight is 738 g/mol. The molecule has 0 spiro atoms. The third kappa shape index (κ3) is 6.87. The summed E-state index contributed by atoms with van der Waals surface area (Å²) in [6.45, 7) is 2.67. The molecule has 8 rings (SSSR count). The molecular formula is C38H47N11O5. The molecule has 284 valence electrons. The van der Waals surface area contributed by atoms with Crippen LogP contribution in [0.3, 0.4) is 0 Å². The van der Waals surface area contributed by atoms with E-state index in [4.69, 9.17) is 16.6 Å². The Labute approximate surface area is 312 Å². The van der Waals surface area contributed by atoms with Crippen LogP contribution in [0.15, 0.2) is 65.9 Å². The van der Waals surface area contributed by atoms with Crippen LogP contribution in [0.5, 0.6) is 0 Å². The number of rotatable bonds is 13. The van der Waals surface area contributed by atoms with Crippen molar-refractivity contribution in [2.45, 2.75) is 81.9 Å². The van der Waals surface area contributed by atoms with Gasteiger partial charge in [-0.3, -0.25) is 19.1 Å². The van der Waals surface area contributed by atoms with Crippen molar-refractivity contribution in [1.82, 2.24) is 35.6 Å². The number of allylic oxidation sites excluding steroid dienone is 1. The number of aliphatic hydroxyl groups is 2. The lowest BCUT2D eigenvalue weighted by molar-refractivity contribution is -0.302. The van der Waals surface area contributed by atoms with E-state index in [-0.39, 0.29) is 83.6 Å². The molecular weight excluding hydrogens is 690 g/mol. The van der Waals surface area contributed by atoms with Gasteiger partial charge < -0.3 is 47.8 Å². The largest absolute Gasteiger partial charge is 0.393 e. The van der Waals surface area contributed by atoms with Crippen LogP contribution >= 0.6 is 0 Å². The van der Waals surface area contributed by atoms with Gasteiger partial charge in [0.2, 0.25) is 5.91 Å². The predicted octanol–water partition coefficient (Wildman–Crippen LogP) is 1.58. The number of carbonyl (C=O) groups excluding carboxylic acids is 3. The van der Waals surface area contributed by atoms with Gasteiger partial charge >= 0.3 is 0 Å². The summed E-state index contributed by atoms with van der Waals surface area (Å²) in [4.78, 5) is 46.2. The number of amides is 3. The van der Waals surface area contributed by atoms with Gasteiger partial charge in [-0.25, -0.2) is 9.88 Å². The molecule has 4 fully saturated rings. The molecule has 1 unspecified atom stereocenters. The highest BCUT2D eigenvalue weighted by atomic mass is 16.5. The molecule has 3 saturated carbocycles. The number of nitrogens with zero attached hydrogens (tertiary/aromatic N) is 5.